The zero-order valence-electron chi connectivity index (χ0n) is 12.9. The van der Waals surface area contributed by atoms with E-state index in [0.29, 0.717) is 31.0 Å². The van der Waals surface area contributed by atoms with Gasteiger partial charge in [-0.3, -0.25) is 9.59 Å². The molecule has 0 saturated heterocycles. The molecule has 1 unspecified atom stereocenters. The van der Waals surface area contributed by atoms with Gasteiger partial charge in [-0.15, -0.1) is 12.4 Å². The monoisotopic (exact) mass is 329 g/mol. The van der Waals surface area contributed by atoms with Gasteiger partial charge in [-0.2, -0.15) is 0 Å². The molecule has 0 aliphatic carbocycles. The van der Waals surface area contributed by atoms with Crippen molar-refractivity contribution in [3.8, 4) is 5.75 Å². The van der Waals surface area contributed by atoms with E-state index in [4.69, 9.17) is 10.5 Å². The first-order valence-electron chi connectivity index (χ1n) is 7.06. The van der Waals surface area contributed by atoms with Crippen LogP contribution < -0.4 is 21.1 Å². The molecular weight excluding hydrogens is 306 g/mol. The predicted octanol–water partition coefficient (Wildman–Crippen LogP) is 1.69. The molecule has 22 heavy (non-hydrogen) atoms. The summed E-state index contributed by atoms with van der Waals surface area (Å²) in [5.41, 5.74) is 6.37. The van der Waals surface area contributed by atoms with Crippen LogP contribution in [0, 0.1) is 0 Å². The van der Waals surface area contributed by atoms with Crippen molar-refractivity contribution in [2.45, 2.75) is 32.7 Å². The Kier molecular flexibility index (Phi) is 9.98. The molecule has 0 fully saturated rings. The van der Waals surface area contributed by atoms with E-state index in [2.05, 4.69) is 10.6 Å². The molecule has 7 heteroatoms. The predicted molar refractivity (Wildman–Crippen MR) is 89.4 cm³/mol. The first-order valence-corrected chi connectivity index (χ1v) is 7.06. The van der Waals surface area contributed by atoms with E-state index in [1.165, 1.54) is 6.92 Å². The maximum absolute atomic E-state index is 11.6. The first kappa shape index (κ1) is 20.2. The molecule has 1 rings (SSSR count). The van der Waals surface area contributed by atoms with Gasteiger partial charge in [-0.05, 0) is 18.6 Å². The van der Waals surface area contributed by atoms with Crippen molar-refractivity contribution in [3.05, 3.63) is 24.3 Å². The number of hydrogen-bond donors (Lipinski definition) is 3. The molecule has 0 radical (unpaired) electrons. The highest BCUT2D eigenvalue weighted by Crippen LogP contribution is 2.16. The molecule has 4 N–H and O–H groups in total. The Labute approximate surface area is 137 Å². The van der Waals surface area contributed by atoms with Gasteiger partial charge in [-0.25, -0.2) is 0 Å². The SMILES string of the molecule is CCCC(N)C(=O)NCCOc1cccc(NC(C)=O)c1.Cl. The van der Waals surface area contributed by atoms with Crippen molar-refractivity contribution < 1.29 is 14.3 Å². The molecule has 0 aromatic heterocycles. The largest absolute Gasteiger partial charge is 0.492 e. The summed E-state index contributed by atoms with van der Waals surface area (Å²) in [5, 5.41) is 5.40. The van der Waals surface area contributed by atoms with Gasteiger partial charge < -0.3 is 21.1 Å². The van der Waals surface area contributed by atoms with Crippen LogP contribution in [0.25, 0.3) is 0 Å². The van der Waals surface area contributed by atoms with Crippen LogP contribution in [0.3, 0.4) is 0 Å². The molecule has 1 aromatic carbocycles. The highest BCUT2D eigenvalue weighted by atomic mass is 35.5. The number of benzene rings is 1. The summed E-state index contributed by atoms with van der Waals surface area (Å²) in [4.78, 5) is 22.5. The Hall–Kier alpha value is -1.79. The quantitative estimate of drug-likeness (QED) is 0.633. The number of ether oxygens (including phenoxy) is 1. The number of hydrogen-bond acceptors (Lipinski definition) is 4. The Morgan fingerprint density at radius 1 is 1.36 bits per heavy atom. The van der Waals surface area contributed by atoms with Crippen LogP contribution in [0.2, 0.25) is 0 Å². The van der Waals surface area contributed by atoms with E-state index < -0.39 is 6.04 Å². The normalized spacial score (nSPS) is 11.0. The number of carbonyl (C=O) groups excluding carboxylic acids is 2. The Morgan fingerprint density at radius 3 is 2.73 bits per heavy atom. The van der Waals surface area contributed by atoms with Crippen LogP contribution in [-0.2, 0) is 9.59 Å². The van der Waals surface area contributed by atoms with Gasteiger partial charge in [0, 0.05) is 18.7 Å². The van der Waals surface area contributed by atoms with Gasteiger partial charge in [0.15, 0.2) is 0 Å². The second-order valence-electron chi connectivity index (χ2n) is 4.74. The molecule has 0 heterocycles. The third-order valence-electron chi connectivity index (χ3n) is 2.76. The molecule has 1 atom stereocenters. The molecule has 0 aliphatic rings. The number of nitrogens with one attached hydrogen (secondary N) is 2. The zero-order valence-corrected chi connectivity index (χ0v) is 13.7. The fraction of sp³-hybridized carbons (Fsp3) is 0.467. The second-order valence-corrected chi connectivity index (χ2v) is 4.74. The minimum absolute atomic E-state index is 0. The second kappa shape index (κ2) is 10.9. The van der Waals surface area contributed by atoms with E-state index >= 15 is 0 Å². The molecule has 0 bridgehead atoms. The molecule has 2 amide bonds. The molecule has 1 aromatic rings. The van der Waals surface area contributed by atoms with Crippen LogP contribution in [0.5, 0.6) is 5.75 Å². The topological polar surface area (TPSA) is 93.5 Å². The fourth-order valence-electron chi connectivity index (χ4n) is 1.78. The minimum Gasteiger partial charge on any atom is -0.492 e. The average Bonchev–Trinajstić information content (AvgIpc) is 2.43. The average molecular weight is 330 g/mol. The third kappa shape index (κ3) is 7.85. The van der Waals surface area contributed by atoms with Crippen LogP contribution >= 0.6 is 12.4 Å². The Balaban J connectivity index is 0.00000441. The summed E-state index contributed by atoms with van der Waals surface area (Å²) in [6.45, 7) is 4.16. The first-order chi connectivity index (χ1) is 10.0. The number of halogens is 1. The van der Waals surface area contributed by atoms with Gasteiger partial charge in [0.1, 0.15) is 12.4 Å². The summed E-state index contributed by atoms with van der Waals surface area (Å²) in [6, 6.07) is 6.62. The molecule has 124 valence electrons. The molecule has 0 spiro atoms. The van der Waals surface area contributed by atoms with E-state index in [0.717, 1.165) is 6.42 Å². The minimum atomic E-state index is -0.460. The van der Waals surface area contributed by atoms with E-state index in [9.17, 15) is 9.59 Å². The number of nitrogens with two attached hydrogens (primary N) is 1. The summed E-state index contributed by atoms with van der Waals surface area (Å²) in [5.74, 6) is 0.338. The van der Waals surface area contributed by atoms with Gasteiger partial charge >= 0.3 is 0 Å². The van der Waals surface area contributed by atoms with Crippen molar-refractivity contribution in [2.75, 3.05) is 18.5 Å². The van der Waals surface area contributed by atoms with Crippen LogP contribution in [-0.4, -0.2) is 31.0 Å². The number of amides is 2. The lowest BCUT2D eigenvalue weighted by atomic mass is 10.2. The smallest absolute Gasteiger partial charge is 0.237 e. The summed E-state index contributed by atoms with van der Waals surface area (Å²) >= 11 is 0. The fourth-order valence-corrected chi connectivity index (χ4v) is 1.78. The van der Waals surface area contributed by atoms with E-state index in [1.54, 1.807) is 24.3 Å². The van der Waals surface area contributed by atoms with Crippen molar-refractivity contribution in [2.24, 2.45) is 5.73 Å². The lowest BCUT2D eigenvalue weighted by molar-refractivity contribution is -0.122. The third-order valence-corrected chi connectivity index (χ3v) is 2.76. The van der Waals surface area contributed by atoms with Crippen molar-refractivity contribution in [1.82, 2.24) is 5.32 Å². The van der Waals surface area contributed by atoms with E-state index in [1.807, 2.05) is 6.92 Å². The Morgan fingerprint density at radius 2 is 2.09 bits per heavy atom. The summed E-state index contributed by atoms with van der Waals surface area (Å²) < 4.78 is 5.51. The van der Waals surface area contributed by atoms with E-state index in [-0.39, 0.29) is 24.2 Å². The highest BCUT2D eigenvalue weighted by Gasteiger charge is 2.10. The Bertz CT molecular complexity index is 483. The van der Waals surface area contributed by atoms with Gasteiger partial charge in [0.25, 0.3) is 0 Å². The highest BCUT2D eigenvalue weighted by molar-refractivity contribution is 5.88. The molecule has 6 nitrogen and oxygen atoms in total. The standard InChI is InChI=1S/C15H23N3O3.ClH/c1-3-5-14(16)15(20)17-8-9-21-13-7-4-6-12(10-13)18-11(2)19;/h4,6-7,10,14H,3,5,8-9,16H2,1-2H3,(H,17,20)(H,18,19);1H. The lowest BCUT2D eigenvalue weighted by Crippen LogP contribution is -2.41. The molecular formula is C15H24ClN3O3. The lowest BCUT2D eigenvalue weighted by Gasteiger charge is -2.12. The van der Waals surface area contributed by atoms with Crippen LogP contribution in [0.4, 0.5) is 5.69 Å². The number of anilines is 1. The van der Waals surface area contributed by atoms with Crippen LogP contribution in [0.15, 0.2) is 24.3 Å². The van der Waals surface area contributed by atoms with Gasteiger partial charge in [0.2, 0.25) is 11.8 Å². The van der Waals surface area contributed by atoms with Crippen molar-refractivity contribution >= 4 is 29.9 Å². The maximum Gasteiger partial charge on any atom is 0.237 e. The van der Waals surface area contributed by atoms with Crippen LogP contribution in [0.1, 0.15) is 26.7 Å². The zero-order chi connectivity index (χ0) is 15.7. The maximum atomic E-state index is 11.6. The summed E-state index contributed by atoms with van der Waals surface area (Å²) in [7, 11) is 0. The van der Waals surface area contributed by atoms with Gasteiger partial charge in [0.05, 0.1) is 12.6 Å². The van der Waals surface area contributed by atoms with Crippen molar-refractivity contribution in [1.29, 1.82) is 0 Å². The number of rotatable bonds is 8. The molecule has 0 aliphatic heterocycles. The molecule has 0 saturated carbocycles. The van der Waals surface area contributed by atoms with Gasteiger partial charge in [-0.1, -0.05) is 19.4 Å². The summed E-state index contributed by atoms with van der Waals surface area (Å²) in [6.07, 6.45) is 1.55. The van der Waals surface area contributed by atoms with Crippen molar-refractivity contribution in [3.63, 3.8) is 0 Å². The number of carbonyl (C=O) groups is 2.